The van der Waals surface area contributed by atoms with Crippen molar-refractivity contribution in [3.8, 4) is 11.5 Å². The topological polar surface area (TPSA) is 52.6 Å². The van der Waals surface area contributed by atoms with E-state index in [1.807, 2.05) is 0 Å². The molecule has 0 spiro atoms. The van der Waals surface area contributed by atoms with E-state index < -0.39 is 11.9 Å². The van der Waals surface area contributed by atoms with Crippen molar-refractivity contribution in [2.75, 3.05) is 0 Å². The smallest absolute Gasteiger partial charge is 0.308 e. The van der Waals surface area contributed by atoms with Crippen LogP contribution in [0.2, 0.25) is 0 Å². The predicted molar refractivity (Wildman–Crippen MR) is 65.4 cm³/mol. The molecular formula is C12H11O4S. The van der Waals surface area contributed by atoms with E-state index in [1.165, 1.54) is 13.8 Å². The first-order valence-electron chi connectivity index (χ1n) is 4.87. The monoisotopic (exact) mass is 251 g/mol. The summed E-state index contributed by atoms with van der Waals surface area (Å²) < 4.78 is 9.87. The van der Waals surface area contributed by atoms with Crippen molar-refractivity contribution in [3.05, 3.63) is 23.8 Å². The van der Waals surface area contributed by atoms with Gasteiger partial charge in [-0.05, 0) is 17.7 Å². The highest BCUT2D eigenvalue weighted by Gasteiger charge is 2.10. The number of ether oxygens (including phenoxy) is 2. The SMILES string of the molecule is CC(=O)Oc1ccc(C[C]=S)cc1OC(C)=O. The zero-order valence-electron chi connectivity index (χ0n) is 9.48. The summed E-state index contributed by atoms with van der Waals surface area (Å²) >= 11 is 4.62. The number of carbonyl (C=O) groups is 2. The second kappa shape index (κ2) is 6.10. The van der Waals surface area contributed by atoms with Crippen LogP contribution in [0.1, 0.15) is 19.4 Å². The maximum atomic E-state index is 10.9. The molecule has 0 saturated heterocycles. The minimum Gasteiger partial charge on any atom is -0.423 e. The predicted octanol–water partition coefficient (Wildman–Crippen LogP) is 1.96. The van der Waals surface area contributed by atoms with Gasteiger partial charge in [0.1, 0.15) is 0 Å². The number of hydrogen-bond acceptors (Lipinski definition) is 5. The Balaban J connectivity index is 3.06. The lowest BCUT2D eigenvalue weighted by atomic mass is 10.1. The van der Waals surface area contributed by atoms with Crippen molar-refractivity contribution in [1.29, 1.82) is 0 Å². The molecule has 89 valence electrons. The van der Waals surface area contributed by atoms with Crippen molar-refractivity contribution >= 4 is 29.5 Å². The first-order valence-corrected chi connectivity index (χ1v) is 5.28. The lowest BCUT2D eigenvalue weighted by molar-refractivity contribution is -0.134. The highest BCUT2D eigenvalue weighted by atomic mass is 32.1. The van der Waals surface area contributed by atoms with Crippen LogP contribution in [0, 0.1) is 0 Å². The summed E-state index contributed by atoms with van der Waals surface area (Å²) in [6, 6.07) is 4.88. The molecule has 0 N–H and O–H groups in total. The summed E-state index contributed by atoms with van der Waals surface area (Å²) in [6.45, 7) is 2.55. The summed E-state index contributed by atoms with van der Waals surface area (Å²) in [4.78, 5) is 21.8. The van der Waals surface area contributed by atoms with Crippen LogP contribution in [0.4, 0.5) is 0 Å². The number of benzene rings is 1. The van der Waals surface area contributed by atoms with Gasteiger partial charge in [-0.1, -0.05) is 18.3 Å². The summed E-state index contributed by atoms with van der Waals surface area (Å²) in [6.07, 6.45) is 0.448. The highest BCUT2D eigenvalue weighted by Crippen LogP contribution is 2.28. The first kappa shape index (κ1) is 13.3. The Hall–Kier alpha value is -1.75. The number of esters is 2. The molecule has 0 bridgehead atoms. The Morgan fingerprint density at radius 1 is 1.18 bits per heavy atom. The van der Waals surface area contributed by atoms with Crippen LogP contribution >= 0.6 is 12.2 Å². The average Bonchev–Trinajstić information content (AvgIpc) is 2.21. The zero-order chi connectivity index (χ0) is 12.8. The molecule has 1 rings (SSSR count). The molecule has 0 heterocycles. The third-order valence-corrected chi connectivity index (χ3v) is 1.94. The molecule has 0 saturated carbocycles. The van der Waals surface area contributed by atoms with Gasteiger partial charge in [0.2, 0.25) is 0 Å². The Labute approximate surface area is 105 Å². The van der Waals surface area contributed by atoms with Crippen molar-refractivity contribution < 1.29 is 19.1 Å². The minimum absolute atomic E-state index is 0.204. The molecule has 4 nitrogen and oxygen atoms in total. The van der Waals surface area contributed by atoms with Crippen LogP contribution in [0.5, 0.6) is 11.5 Å². The molecule has 1 aromatic rings. The molecule has 1 radical (unpaired) electrons. The Morgan fingerprint density at radius 2 is 1.76 bits per heavy atom. The lowest BCUT2D eigenvalue weighted by Crippen LogP contribution is -2.07. The fourth-order valence-electron chi connectivity index (χ4n) is 1.22. The van der Waals surface area contributed by atoms with Crippen molar-refractivity contribution in [1.82, 2.24) is 0 Å². The van der Waals surface area contributed by atoms with Crippen LogP contribution in [-0.2, 0) is 16.0 Å². The van der Waals surface area contributed by atoms with E-state index in [0.29, 0.717) is 6.42 Å². The van der Waals surface area contributed by atoms with Gasteiger partial charge in [0.25, 0.3) is 0 Å². The van der Waals surface area contributed by atoms with E-state index in [1.54, 1.807) is 18.2 Å². The Bertz CT molecular complexity index is 454. The van der Waals surface area contributed by atoms with E-state index >= 15 is 0 Å². The van der Waals surface area contributed by atoms with Gasteiger partial charge in [0.05, 0.1) is 0 Å². The Morgan fingerprint density at radius 3 is 2.29 bits per heavy atom. The molecule has 1 aromatic carbocycles. The molecule has 0 unspecified atom stereocenters. The average molecular weight is 251 g/mol. The molecule has 0 fully saturated rings. The van der Waals surface area contributed by atoms with Gasteiger partial charge >= 0.3 is 11.9 Å². The van der Waals surface area contributed by atoms with Gasteiger partial charge in [-0.3, -0.25) is 9.59 Å². The first-order chi connectivity index (χ1) is 8.02. The van der Waals surface area contributed by atoms with Crippen molar-refractivity contribution in [3.63, 3.8) is 0 Å². The van der Waals surface area contributed by atoms with Gasteiger partial charge in [-0.15, -0.1) is 0 Å². The van der Waals surface area contributed by atoms with Crippen LogP contribution in [0.25, 0.3) is 0 Å². The maximum Gasteiger partial charge on any atom is 0.308 e. The fraction of sp³-hybridized carbons (Fsp3) is 0.250. The minimum atomic E-state index is -0.484. The van der Waals surface area contributed by atoms with E-state index in [2.05, 4.69) is 17.6 Å². The maximum absolute atomic E-state index is 10.9. The molecule has 0 aliphatic heterocycles. The molecule has 0 aromatic heterocycles. The molecule has 17 heavy (non-hydrogen) atoms. The fourth-order valence-corrected chi connectivity index (χ4v) is 1.39. The van der Waals surface area contributed by atoms with E-state index in [4.69, 9.17) is 9.47 Å². The molecule has 0 aliphatic carbocycles. The van der Waals surface area contributed by atoms with Crippen LogP contribution in [0.3, 0.4) is 0 Å². The summed E-state index contributed by atoms with van der Waals surface area (Å²) in [5.41, 5.74) is 0.826. The van der Waals surface area contributed by atoms with E-state index in [0.717, 1.165) is 5.56 Å². The van der Waals surface area contributed by atoms with Gasteiger partial charge in [0, 0.05) is 25.6 Å². The van der Waals surface area contributed by atoms with Gasteiger partial charge in [-0.2, -0.15) is 0 Å². The Kier molecular flexibility index (Phi) is 4.78. The zero-order valence-corrected chi connectivity index (χ0v) is 10.3. The van der Waals surface area contributed by atoms with Gasteiger partial charge < -0.3 is 9.47 Å². The normalized spacial score (nSPS) is 9.53. The van der Waals surface area contributed by atoms with Gasteiger partial charge in [-0.25, -0.2) is 0 Å². The third kappa shape index (κ3) is 4.32. The van der Waals surface area contributed by atoms with Crippen LogP contribution < -0.4 is 9.47 Å². The number of rotatable bonds is 4. The number of hydrogen-bond donors (Lipinski definition) is 0. The largest absolute Gasteiger partial charge is 0.423 e. The summed E-state index contributed by atoms with van der Waals surface area (Å²) in [7, 11) is 0. The van der Waals surface area contributed by atoms with Crippen LogP contribution in [0.15, 0.2) is 18.2 Å². The number of carbonyl (C=O) groups excluding carboxylic acids is 2. The van der Waals surface area contributed by atoms with Crippen molar-refractivity contribution in [2.45, 2.75) is 20.3 Å². The standard InChI is InChI=1S/C12H11O4S/c1-8(13)15-11-4-3-10(5-6-17)7-12(11)16-9(2)14/h3-4,7H,5H2,1-2H3. The third-order valence-electron chi connectivity index (χ3n) is 1.79. The lowest BCUT2D eigenvalue weighted by Gasteiger charge is -2.09. The molecular weight excluding hydrogens is 240 g/mol. The molecule has 0 amide bonds. The molecule has 5 heteroatoms. The van der Waals surface area contributed by atoms with Gasteiger partial charge in [0.15, 0.2) is 11.5 Å². The quantitative estimate of drug-likeness (QED) is 0.465. The van der Waals surface area contributed by atoms with E-state index in [9.17, 15) is 9.59 Å². The number of thiocarbonyl (C=S) groups is 1. The second-order valence-corrected chi connectivity index (χ2v) is 3.58. The molecule has 0 aliphatic rings. The summed E-state index contributed by atoms with van der Waals surface area (Å²) in [5.74, 6) is -0.550. The highest BCUT2D eigenvalue weighted by molar-refractivity contribution is 7.78. The second-order valence-electron chi connectivity index (χ2n) is 3.29. The van der Waals surface area contributed by atoms with E-state index in [-0.39, 0.29) is 11.5 Å². The summed E-state index contributed by atoms with van der Waals surface area (Å²) in [5, 5.41) is 2.56. The van der Waals surface area contributed by atoms with Crippen LogP contribution in [-0.4, -0.2) is 17.3 Å². The van der Waals surface area contributed by atoms with Crippen molar-refractivity contribution in [2.24, 2.45) is 0 Å². The molecule has 0 atom stereocenters.